The standard InChI is InChI=1S/C15H23N3O/c1-3-18(4-2)14-9-7-13(8-10-14)17-15(19)11-16-12-5-6-12/h7-10,12,16H,3-6,11H2,1-2H3,(H,17,19). The first-order valence-corrected chi connectivity index (χ1v) is 7.11. The molecule has 0 heterocycles. The molecule has 4 nitrogen and oxygen atoms in total. The maximum Gasteiger partial charge on any atom is 0.238 e. The van der Waals surface area contributed by atoms with Crippen LogP contribution in [0.25, 0.3) is 0 Å². The summed E-state index contributed by atoms with van der Waals surface area (Å²) >= 11 is 0. The van der Waals surface area contributed by atoms with Crippen LogP contribution in [0.5, 0.6) is 0 Å². The largest absolute Gasteiger partial charge is 0.372 e. The van der Waals surface area contributed by atoms with Crippen LogP contribution in [-0.2, 0) is 4.79 Å². The number of anilines is 2. The van der Waals surface area contributed by atoms with Crippen LogP contribution in [0.2, 0.25) is 0 Å². The van der Waals surface area contributed by atoms with Gasteiger partial charge in [0.1, 0.15) is 0 Å². The van der Waals surface area contributed by atoms with Gasteiger partial charge in [0.2, 0.25) is 5.91 Å². The number of hydrogen-bond acceptors (Lipinski definition) is 3. The Morgan fingerprint density at radius 1 is 1.21 bits per heavy atom. The SMILES string of the molecule is CCN(CC)c1ccc(NC(=O)CNC2CC2)cc1. The highest BCUT2D eigenvalue weighted by Crippen LogP contribution is 2.19. The van der Waals surface area contributed by atoms with Gasteiger partial charge in [-0.1, -0.05) is 0 Å². The number of benzene rings is 1. The summed E-state index contributed by atoms with van der Waals surface area (Å²) in [6.07, 6.45) is 2.40. The van der Waals surface area contributed by atoms with Gasteiger partial charge in [0.15, 0.2) is 0 Å². The van der Waals surface area contributed by atoms with Gasteiger partial charge in [-0.15, -0.1) is 0 Å². The third kappa shape index (κ3) is 4.24. The molecule has 0 spiro atoms. The van der Waals surface area contributed by atoms with Crippen LogP contribution in [-0.4, -0.2) is 31.6 Å². The van der Waals surface area contributed by atoms with Crippen LogP contribution in [0.3, 0.4) is 0 Å². The van der Waals surface area contributed by atoms with Crippen molar-refractivity contribution in [1.29, 1.82) is 0 Å². The fourth-order valence-electron chi connectivity index (χ4n) is 2.07. The average molecular weight is 261 g/mol. The monoisotopic (exact) mass is 261 g/mol. The summed E-state index contributed by atoms with van der Waals surface area (Å²) in [5.41, 5.74) is 2.05. The van der Waals surface area contributed by atoms with E-state index in [1.807, 2.05) is 12.1 Å². The normalized spacial score (nSPS) is 14.2. The summed E-state index contributed by atoms with van der Waals surface area (Å²) in [4.78, 5) is 14.0. The van der Waals surface area contributed by atoms with Crippen LogP contribution in [0, 0.1) is 0 Å². The summed E-state index contributed by atoms with van der Waals surface area (Å²) < 4.78 is 0. The third-order valence-corrected chi connectivity index (χ3v) is 3.41. The van der Waals surface area contributed by atoms with E-state index in [4.69, 9.17) is 0 Å². The van der Waals surface area contributed by atoms with E-state index >= 15 is 0 Å². The molecule has 19 heavy (non-hydrogen) atoms. The van der Waals surface area contributed by atoms with E-state index in [9.17, 15) is 4.79 Å². The molecule has 1 fully saturated rings. The predicted molar refractivity (Wildman–Crippen MR) is 79.7 cm³/mol. The molecule has 1 aliphatic carbocycles. The number of hydrogen-bond donors (Lipinski definition) is 2. The summed E-state index contributed by atoms with van der Waals surface area (Å²) in [5, 5.41) is 6.11. The highest BCUT2D eigenvalue weighted by Gasteiger charge is 2.21. The minimum atomic E-state index is 0.0301. The van der Waals surface area contributed by atoms with E-state index in [2.05, 4.69) is 41.5 Å². The minimum Gasteiger partial charge on any atom is -0.372 e. The van der Waals surface area contributed by atoms with Gasteiger partial charge in [-0.25, -0.2) is 0 Å². The smallest absolute Gasteiger partial charge is 0.238 e. The van der Waals surface area contributed by atoms with E-state index in [1.165, 1.54) is 18.5 Å². The van der Waals surface area contributed by atoms with E-state index < -0.39 is 0 Å². The number of rotatable bonds is 7. The summed E-state index contributed by atoms with van der Waals surface area (Å²) in [7, 11) is 0. The van der Waals surface area contributed by atoms with Crippen LogP contribution >= 0.6 is 0 Å². The third-order valence-electron chi connectivity index (χ3n) is 3.41. The van der Waals surface area contributed by atoms with Gasteiger partial charge in [0.05, 0.1) is 6.54 Å². The van der Waals surface area contributed by atoms with E-state index in [-0.39, 0.29) is 5.91 Å². The zero-order chi connectivity index (χ0) is 13.7. The number of amides is 1. The summed E-state index contributed by atoms with van der Waals surface area (Å²) in [6, 6.07) is 8.59. The molecule has 0 atom stereocenters. The lowest BCUT2D eigenvalue weighted by Gasteiger charge is -2.21. The first-order chi connectivity index (χ1) is 9.22. The van der Waals surface area contributed by atoms with Gasteiger partial charge in [0, 0.05) is 30.5 Å². The zero-order valence-corrected chi connectivity index (χ0v) is 11.8. The van der Waals surface area contributed by atoms with E-state index in [0.29, 0.717) is 12.6 Å². The van der Waals surface area contributed by atoms with Crippen LogP contribution in [0.1, 0.15) is 26.7 Å². The Hall–Kier alpha value is -1.55. The minimum absolute atomic E-state index is 0.0301. The molecule has 104 valence electrons. The van der Waals surface area contributed by atoms with Gasteiger partial charge in [0.25, 0.3) is 0 Å². The zero-order valence-electron chi connectivity index (χ0n) is 11.8. The quantitative estimate of drug-likeness (QED) is 0.791. The van der Waals surface area contributed by atoms with Gasteiger partial charge < -0.3 is 15.5 Å². The van der Waals surface area contributed by atoms with Crippen molar-refractivity contribution in [3.8, 4) is 0 Å². The molecular weight excluding hydrogens is 238 g/mol. The maximum absolute atomic E-state index is 11.7. The van der Waals surface area contributed by atoms with Crippen molar-refractivity contribution in [2.75, 3.05) is 29.9 Å². The Bertz CT molecular complexity index is 408. The number of nitrogens with one attached hydrogen (secondary N) is 2. The summed E-state index contributed by atoms with van der Waals surface area (Å²) in [6.45, 7) is 6.68. The maximum atomic E-state index is 11.7. The van der Waals surface area contributed by atoms with Crippen LogP contribution in [0.15, 0.2) is 24.3 Å². The van der Waals surface area contributed by atoms with Crippen LogP contribution < -0.4 is 15.5 Å². The lowest BCUT2D eigenvalue weighted by molar-refractivity contribution is -0.115. The topological polar surface area (TPSA) is 44.4 Å². The van der Waals surface area contributed by atoms with Gasteiger partial charge in [-0.05, 0) is 51.0 Å². The number of carbonyl (C=O) groups is 1. The van der Waals surface area contributed by atoms with Gasteiger partial charge in [-0.3, -0.25) is 4.79 Å². The Kier molecular flexibility index (Phi) is 4.80. The molecule has 4 heteroatoms. The molecule has 1 saturated carbocycles. The lowest BCUT2D eigenvalue weighted by atomic mass is 10.2. The average Bonchev–Trinajstić information content (AvgIpc) is 3.24. The van der Waals surface area contributed by atoms with Gasteiger partial charge in [-0.2, -0.15) is 0 Å². The van der Waals surface area contributed by atoms with Crippen molar-refractivity contribution in [2.24, 2.45) is 0 Å². The van der Waals surface area contributed by atoms with E-state index in [1.54, 1.807) is 0 Å². The highest BCUT2D eigenvalue weighted by atomic mass is 16.1. The number of carbonyl (C=O) groups excluding carboxylic acids is 1. The molecule has 1 aromatic carbocycles. The van der Waals surface area contributed by atoms with Crippen molar-refractivity contribution in [2.45, 2.75) is 32.7 Å². The van der Waals surface area contributed by atoms with Crippen molar-refractivity contribution < 1.29 is 4.79 Å². The molecule has 0 aromatic heterocycles. The van der Waals surface area contributed by atoms with Crippen molar-refractivity contribution >= 4 is 17.3 Å². The molecule has 1 aromatic rings. The molecule has 0 saturated heterocycles. The van der Waals surface area contributed by atoms with Gasteiger partial charge >= 0.3 is 0 Å². The second-order valence-corrected chi connectivity index (χ2v) is 4.92. The Balaban J connectivity index is 1.84. The van der Waals surface area contributed by atoms with E-state index in [0.717, 1.165) is 18.8 Å². The molecule has 0 unspecified atom stereocenters. The molecule has 0 bridgehead atoms. The number of nitrogens with zero attached hydrogens (tertiary/aromatic N) is 1. The molecule has 1 amide bonds. The Morgan fingerprint density at radius 3 is 2.37 bits per heavy atom. The van der Waals surface area contributed by atoms with Crippen molar-refractivity contribution in [3.63, 3.8) is 0 Å². The Labute approximate surface area is 115 Å². The first-order valence-electron chi connectivity index (χ1n) is 7.11. The lowest BCUT2D eigenvalue weighted by Crippen LogP contribution is -2.29. The predicted octanol–water partition coefficient (Wildman–Crippen LogP) is 2.22. The molecule has 1 aliphatic rings. The Morgan fingerprint density at radius 2 is 1.84 bits per heavy atom. The van der Waals surface area contributed by atoms with Crippen molar-refractivity contribution in [3.05, 3.63) is 24.3 Å². The molecule has 2 rings (SSSR count). The second-order valence-electron chi connectivity index (χ2n) is 4.92. The molecule has 0 radical (unpaired) electrons. The van der Waals surface area contributed by atoms with Crippen LogP contribution in [0.4, 0.5) is 11.4 Å². The second kappa shape index (κ2) is 6.57. The molecular formula is C15H23N3O. The fourth-order valence-corrected chi connectivity index (χ4v) is 2.07. The fraction of sp³-hybridized carbons (Fsp3) is 0.533. The van der Waals surface area contributed by atoms with Crippen molar-refractivity contribution in [1.82, 2.24) is 5.32 Å². The highest BCUT2D eigenvalue weighted by molar-refractivity contribution is 5.92. The molecule has 0 aliphatic heterocycles. The molecule has 2 N–H and O–H groups in total. The first kappa shape index (κ1) is 13.9. The summed E-state index contributed by atoms with van der Waals surface area (Å²) in [5.74, 6) is 0.0301.